The number of carbonyl (C=O) groups excluding carboxylic acids is 1. The standard InChI is InChI=1S/C22H27NO2/c1-3-25-20-13-12-19(16-17(20)2)23-21(24)22(14-8-5-9-15-22)18-10-6-4-7-11-18/h4,6-7,10-13,16H,3,5,8-9,14-15H2,1-2H3,(H,23,24). The van der Waals surface area contributed by atoms with Gasteiger partial charge in [-0.25, -0.2) is 0 Å². The minimum absolute atomic E-state index is 0.113. The molecule has 2 aromatic rings. The van der Waals surface area contributed by atoms with E-state index in [0.717, 1.165) is 48.2 Å². The monoisotopic (exact) mass is 337 g/mol. The molecule has 132 valence electrons. The van der Waals surface area contributed by atoms with Crippen LogP contribution in [0.15, 0.2) is 48.5 Å². The van der Waals surface area contributed by atoms with Crippen LogP contribution in [0.5, 0.6) is 5.75 Å². The molecule has 0 bridgehead atoms. The van der Waals surface area contributed by atoms with Crippen molar-refractivity contribution in [3.05, 3.63) is 59.7 Å². The summed E-state index contributed by atoms with van der Waals surface area (Å²) in [6.45, 7) is 4.62. The number of anilines is 1. The Hall–Kier alpha value is -2.29. The average Bonchev–Trinajstić information content (AvgIpc) is 2.65. The van der Waals surface area contributed by atoms with Gasteiger partial charge in [-0.05, 0) is 56.0 Å². The molecule has 0 aliphatic heterocycles. The smallest absolute Gasteiger partial charge is 0.235 e. The van der Waals surface area contributed by atoms with Gasteiger partial charge in [0.05, 0.1) is 12.0 Å². The number of hydrogen-bond donors (Lipinski definition) is 1. The maximum atomic E-state index is 13.3. The van der Waals surface area contributed by atoms with Gasteiger partial charge >= 0.3 is 0 Å². The largest absolute Gasteiger partial charge is 0.494 e. The van der Waals surface area contributed by atoms with Gasteiger partial charge in [0, 0.05) is 5.69 Å². The van der Waals surface area contributed by atoms with Gasteiger partial charge in [0.2, 0.25) is 5.91 Å². The Balaban J connectivity index is 1.85. The molecule has 0 heterocycles. The predicted molar refractivity (Wildman–Crippen MR) is 102 cm³/mol. The zero-order valence-corrected chi connectivity index (χ0v) is 15.2. The summed E-state index contributed by atoms with van der Waals surface area (Å²) in [7, 11) is 0. The highest BCUT2D eigenvalue weighted by Crippen LogP contribution is 2.40. The summed E-state index contributed by atoms with van der Waals surface area (Å²) in [4.78, 5) is 13.3. The summed E-state index contributed by atoms with van der Waals surface area (Å²) >= 11 is 0. The maximum Gasteiger partial charge on any atom is 0.235 e. The van der Waals surface area contributed by atoms with Gasteiger partial charge in [0.25, 0.3) is 0 Å². The first kappa shape index (κ1) is 17.5. The summed E-state index contributed by atoms with van der Waals surface area (Å²) in [5, 5.41) is 3.17. The average molecular weight is 337 g/mol. The van der Waals surface area contributed by atoms with Crippen LogP contribution < -0.4 is 10.1 Å². The molecule has 0 saturated heterocycles. The molecule has 0 unspecified atom stereocenters. The van der Waals surface area contributed by atoms with Crippen molar-refractivity contribution in [3.63, 3.8) is 0 Å². The number of aryl methyl sites for hydroxylation is 1. The number of carbonyl (C=O) groups is 1. The molecule has 3 heteroatoms. The molecule has 1 fully saturated rings. The van der Waals surface area contributed by atoms with Gasteiger partial charge in [0.1, 0.15) is 5.75 Å². The van der Waals surface area contributed by atoms with E-state index in [1.807, 2.05) is 50.2 Å². The third-order valence-corrected chi connectivity index (χ3v) is 5.20. The van der Waals surface area contributed by atoms with Gasteiger partial charge in [-0.3, -0.25) is 4.79 Å². The molecule has 0 radical (unpaired) electrons. The number of hydrogen-bond acceptors (Lipinski definition) is 2. The lowest BCUT2D eigenvalue weighted by Gasteiger charge is -2.36. The maximum absolute atomic E-state index is 13.3. The fourth-order valence-electron chi connectivity index (χ4n) is 3.85. The van der Waals surface area contributed by atoms with E-state index in [9.17, 15) is 4.79 Å². The lowest BCUT2D eigenvalue weighted by Crippen LogP contribution is -2.42. The second-order valence-corrected chi connectivity index (χ2v) is 6.88. The normalized spacial score (nSPS) is 16.2. The molecule has 1 amide bonds. The molecule has 1 aliphatic carbocycles. The summed E-state index contributed by atoms with van der Waals surface area (Å²) in [5.41, 5.74) is 2.60. The van der Waals surface area contributed by atoms with Crippen LogP contribution in [0.25, 0.3) is 0 Å². The first-order chi connectivity index (χ1) is 12.2. The van der Waals surface area contributed by atoms with Crippen LogP contribution in [0.4, 0.5) is 5.69 Å². The molecule has 1 saturated carbocycles. The Labute approximate surface area is 150 Å². The molecule has 1 N–H and O–H groups in total. The van der Waals surface area contributed by atoms with Crippen molar-refractivity contribution < 1.29 is 9.53 Å². The Morgan fingerprint density at radius 2 is 1.80 bits per heavy atom. The van der Waals surface area contributed by atoms with Crippen LogP contribution in [0.3, 0.4) is 0 Å². The topological polar surface area (TPSA) is 38.3 Å². The highest BCUT2D eigenvalue weighted by atomic mass is 16.5. The molecular weight excluding hydrogens is 310 g/mol. The third-order valence-electron chi connectivity index (χ3n) is 5.20. The van der Waals surface area contributed by atoms with E-state index in [-0.39, 0.29) is 5.91 Å². The lowest BCUT2D eigenvalue weighted by atomic mass is 9.68. The van der Waals surface area contributed by atoms with E-state index in [0.29, 0.717) is 6.61 Å². The van der Waals surface area contributed by atoms with Crippen molar-refractivity contribution in [1.82, 2.24) is 0 Å². The summed E-state index contributed by atoms with van der Waals surface area (Å²) in [6, 6.07) is 16.1. The van der Waals surface area contributed by atoms with Crippen LogP contribution >= 0.6 is 0 Å². The fourth-order valence-corrected chi connectivity index (χ4v) is 3.85. The highest BCUT2D eigenvalue weighted by molar-refractivity contribution is 5.99. The molecule has 0 atom stereocenters. The number of nitrogens with one attached hydrogen (secondary N) is 1. The number of rotatable bonds is 5. The SMILES string of the molecule is CCOc1ccc(NC(=O)C2(c3ccccc3)CCCCC2)cc1C. The summed E-state index contributed by atoms with van der Waals surface area (Å²) < 4.78 is 5.59. The molecule has 0 spiro atoms. The molecule has 2 aromatic carbocycles. The van der Waals surface area contributed by atoms with E-state index >= 15 is 0 Å². The Bertz CT molecular complexity index is 718. The molecule has 3 nitrogen and oxygen atoms in total. The van der Waals surface area contributed by atoms with E-state index in [1.54, 1.807) is 0 Å². The van der Waals surface area contributed by atoms with Crippen LogP contribution in [0.2, 0.25) is 0 Å². The van der Waals surface area contributed by atoms with Crippen LogP contribution in [-0.4, -0.2) is 12.5 Å². The molecule has 3 rings (SSSR count). The molecular formula is C22H27NO2. The molecule has 0 aromatic heterocycles. The highest BCUT2D eigenvalue weighted by Gasteiger charge is 2.41. The molecule has 25 heavy (non-hydrogen) atoms. The Morgan fingerprint density at radius 3 is 2.44 bits per heavy atom. The van der Waals surface area contributed by atoms with E-state index in [4.69, 9.17) is 4.74 Å². The van der Waals surface area contributed by atoms with E-state index in [1.165, 1.54) is 6.42 Å². The van der Waals surface area contributed by atoms with E-state index in [2.05, 4.69) is 17.4 Å². The van der Waals surface area contributed by atoms with Gasteiger partial charge in [0.15, 0.2) is 0 Å². The minimum atomic E-state index is -0.411. The van der Waals surface area contributed by atoms with Gasteiger partial charge in [-0.15, -0.1) is 0 Å². The first-order valence-electron chi connectivity index (χ1n) is 9.26. The van der Waals surface area contributed by atoms with Crippen molar-refractivity contribution in [2.75, 3.05) is 11.9 Å². The zero-order chi connectivity index (χ0) is 17.7. The van der Waals surface area contributed by atoms with Crippen molar-refractivity contribution in [1.29, 1.82) is 0 Å². The zero-order valence-electron chi connectivity index (χ0n) is 15.2. The number of ether oxygens (including phenoxy) is 1. The van der Waals surface area contributed by atoms with Crippen molar-refractivity contribution in [3.8, 4) is 5.75 Å². The Kier molecular flexibility index (Phi) is 5.42. The number of amides is 1. The second-order valence-electron chi connectivity index (χ2n) is 6.88. The molecule has 1 aliphatic rings. The van der Waals surface area contributed by atoms with Gasteiger partial charge < -0.3 is 10.1 Å². The quantitative estimate of drug-likeness (QED) is 0.811. The lowest BCUT2D eigenvalue weighted by molar-refractivity contribution is -0.122. The van der Waals surface area contributed by atoms with Crippen molar-refractivity contribution in [2.24, 2.45) is 0 Å². The number of benzene rings is 2. The summed E-state index contributed by atoms with van der Waals surface area (Å²) in [6.07, 6.45) is 5.25. The van der Waals surface area contributed by atoms with Gasteiger partial charge in [-0.1, -0.05) is 49.6 Å². The van der Waals surface area contributed by atoms with Crippen LogP contribution in [0.1, 0.15) is 50.2 Å². The second kappa shape index (κ2) is 7.73. The Morgan fingerprint density at radius 1 is 1.08 bits per heavy atom. The first-order valence-corrected chi connectivity index (χ1v) is 9.26. The predicted octanol–water partition coefficient (Wildman–Crippen LogP) is 5.23. The minimum Gasteiger partial charge on any atom is -0.494 e. The summed E-state index contributed by atoms with van der Waals surface area (Å²) in [5.74, 6) is 0.984. The van der Waals surface area contributed by atoms with Crippen LogP contribution in [-0.2, 0) is 10.2 Å². The van der Waals surface area contributed by atoms with E-state index < -0.39 is 5.41 Å². The van der Waals surface area contributed by atoms with Crippen molar-refractivity contribution in [2.45, 2.75) is 51.4 Å². The van der Waals surface area contributed by atoms with Crippen molar-refractivity contribution >= 4 is 11.6 Å². The fraction of sp³-hybridized carbons (Fsp3) is 0.409. The van der Waals surface area contributed by atoms with Crippen LogP contribution in [0, 0.1) is 6.92 Å². The van der Waals surface area contributed by atoms with Gasteiger partial charge in [-0.2, -0.15) is 0 Å². The third kappa shape index (κ3) is 3.71.